The summed E-state index contributed by atoms with van der Waals surface area (Å²) < 4.78 is 3.06. The molecule has 4 aromatic rings. The number of hydrogen-bond donors (Lipinski definition) is 1. The number of rotatable bonds is 3. The van der Waals surface area contributed by atoms with Gasteiger partial charge in [-0.15, -0.1) is 11.3 Å². The van der Waals surface area contributed by atoms with Gasteiger partial charge in [-0.2, -0.15) is 5.10 Å². The highest BCUT2D eigenvalue weighted by Gasteiger charge is 2.19. The monoisotopic (exact) mass is 338 g/mol. The number of fused-ring (bicyclic) bond motifs is 2. The fraction of sp³-hybridized carbons (Fsp3) is 0.294. The van der Waals surface area contributed by atoms with Crippen LogP contribution in [0.25, 0.3) is 32.5 Å². The van der Waals surface area contributed by atoms with E-state index in [0.717, 1.165) is 43.9 Å². The van der Waals surface area contributed by atoms with Crippen LogP contribution in [0.15, 0.2) is 24.5 Å². The molecule has 0 fully saturated rings. The molecule has 0 saturated carbocycles. The van der Waals surface area contributed by atoms with Gasteiger partial charge in [-0.1, -0.05) is 13.0 Å². The molecule has 0 radical (unpaired) electrons. The van der Waals surface area contributed by atoms with E-state index in [2.05, 4.69) is 41.8 Å². The van der Waals surface area contributed by atoms with Crippen molar-refractivity contribution in [3.63, 3.8) is 0 Å². The minimum absolute atomic E-state index is 0.189. The maximum atomic E-state index is 6.13. The Hall–Kier alpha value is -2.54. The van der Waals surface area contributed by atoms with Crippen LogP contribution in [0.3, 0.4) is 0 Å². The zero-order valence-corrected chi connectivity index (χ0v) is 14.6. The van der Waals surface area contributed by atoms with Crippen LogP contribution >= 0.6 is 11.3 Å². The van der Waals surface area contributed by atoms with Crippen LogP contribution in [-0.2, 0) is 6.42 Å². The molecule has 24 heavy (non-hydrogen) atoms. The maximum Gasteiger partial charge on any atom is 0.164 e. The third kappa shape index (κ3) is 2.24. The summed E-state index contributed by atoms with van der Waals surface area (Å²) in [5.74, 6) is 0.459. The Morgan fingerprint density at radius 1 is 1.25 bits per heavy atom. The predicted octanol–water partition coefficient (Wildman–Crippen LogP) is 3.83. The molecule has 0 aliphatic carbocycles. The van der Waals surface area contributed by atoms with Crippen molar-refractivity contribution in [2.45, 2.75) is 33.2 Å². The molecule has 0 atom stereocenters. The van der Waals surface area contributed by atoms with Crippen LogP contribution in [0.1, 0.15) is 31.8 Å². The van der Waals surface area contributed by atoms with Crippen molar-refractivity contribution < 1.29 is 0 Å². The van der Waals surface area contributed by atoms with E-state index in [4.69, 9.17) is 10.8 Å². The van der Waals surface area contributed by atoms with Crippen LogP contribution in [0.4, 0.5) is 5.82 Å². The first-order chi connectivity index (χ1) is 11.6. The summed E-state index contributed by atoms with van der Waals surface area (Å²) in [6.07, 6.45) is 2.43. The molecule has 4 rings (SSSR count). The predicted molar refractivity (Wildman–Crippen MR) is 98.1 cm³/mol. The SMILES string of the molecule is CCc1nc2ccc(-c3nn(C(C)C)c4ncnc(N)c34)cc2s1. The Balaban J connectivity index is 1.99. The lowest BCUT2D eigenvalue weighted by Crippen LogP contribution is -2.04. The van der Waals surface area contributed by atoms with Crippen LogP contribution in [0, 0.1) is 0 Å². The van der Waals surface area contributed by atoms with Crippen LogP contribution in [0.2, 0.25) is 0 Å². The van der Waals surface area contributed by atoms with Gasteiger partial charge in [-0.3, -0.25) is 0 Å². The number of anilines is 1. The molecule has 0 unspecified atom stereocenters. The van der Waals surface area contributed by atoms with Gasteiger partial charge in [0, 0.05) is 11.6 Å². The van der Waals surface area contributed by atoms with Crippen molar-refractivity contribution in [1.82, 2.24) is 24.7 Å². The average molecular weight is 338 g/mol. The standard InChI is InChI=1S/C17H18N6S/c1-4-13-21-11-6-5-10(7-12(11)24-13)15-14-16(18)19-8-20-17(14)23(22-15)9(2)3/h5-9H,4H2,1-3H3,(H2,18,19,20). The molecule has 3 aromatic heterocycles. The number of nitrogen functional groups attached to an aromatic ring is 1. The van der Waals surface area contributed by atoms with Crippen molar-refractivity contribution >= 4 is 38.4 Å². The molecule has 1 aromatic carbocycles. The third-order valence-electron chi connectivity index (χ3n) is 4.02. The van der Waals surface area contributed by atoms with E-state index >= 15 is 0 Å². The number of aromatic nitrogens is 5. The van der Waals surface area contributed by atoms with Gasteiger partial charge in [-0.05, 0) is 32.4 Å². The highest BCUT2D eigenvalue weighted by atomic mass is 32.1. The van der Waals surface area contributed by atoms with E-state index in [1.54, 1.807) is 11.3 Å². The first-order valence-electron chi connectivity index (χ1n) is 7.97. The number of hydrogen-bond acceptors (Lipinski definition) is 6. The van der Waals surface area contributed by atoms with Crippen molar-refractivity contribution in [1.29, 1.82) is 0 Å². The van der Waals surface area contributed by atoms with E-state index < -0.39 is 0 Å². The highest BCUT2D eigenvalue weighted by molar-refractivity contribution is 7.18. The summed E-state index contributed by atoms with van der Waals surface area (Å²) in [6.45, 7) is 6.28. The molecular weight excluding hydrogens is 320 g/mol. The van der Waals surface area contributed by atoms with Crippen molar-refractivity contribution in [2.24, 2.45) is 0 Å². The second kappa shape index (κ2) is 5.52. The lowest BCUT2D eigenvalue weighted by Gasteiger charge is -2.05. The molecule has 0 spiro atoms. The third-order valence-corrected chi connectivity index (χ3v) is 5.18. The van der Waals surface area contributed by atoms with Crippen molar-refractivity contribution in [3.8, 4) is 11.3 Å². The Labute approximate surface area is 143 Å². The molecule has 0 aliphatic heterocycles. The minimum Gasteiger partial charge on any atom is -0.383 e. The zero-order chi connectivity index (χ0) is 16.8. The van der Waals surface area contributed by atoms with Gasteiger partial charge in [0.2, 0.25) is 0 Å². The Morgan fingerprint density at radius 2 is 2.08 bits per heavy atom. The lowest BCUT2D eigenvalue weighted by molar-refractivity contribution is 0.548. The Morgan fingerprint density at radius 3 is 2.83 bits per heavy atom. The summed E-state index contributed by atoms with van der Waals surface area (Å²) >= 11 is 1.72. The van der Waals surface area contributed by atoms with Crippen LogP contribution in [0.5, 0.6) is 0 Å². The van der Waals surface area contributed by atoms with Crippen LogP contribution < -0.4 is 5.73 Å². The van der Waals surface area contributed by atoms with Gasteiger partial charge in [0.25, 0.3) is 0 Å². The number of thiazole rings is 1. The van der Waals surface area contributed by atoms with Gasteiger partial charge in [-0.25, -0.2) is 19.6 Å². The molecule has 0 aliphatic rings. The number of nitrogens with two attached hydrogens (primary N) is 1. The fourth-order valence-corrected chi connectivity index (χ4v) is 3.77. The van der Waals surface area contributed by atoms with E-state index in [1.165, 1.54) is 6.33 Å². The largest absolute Gasteiger partial charge is 0.383 e. The van der Waals surface area contributed by atoms with Gasteiger partial charge < -0.3 is 5.73 Å². The fourth-order valence-electron chi connectivity index (χ4n) is 2.83. The first kappa shape index (κ1) is 15.0. The molecule has 6 nitrogen and oxygen atoms in total. The molecular formula is C17H18N6S. The zero-order valence-electron chi connectivity index (χ0n) is 13.8. The Bertz CT molecular complexity index is 1050. The van der Waals surface area contributed by atoms with E-state index in [0.29, 0.717) is 5.82 Å². The molecule has 3 heterocycles. The molecule has 122 valence electrons. The van der Waals surface area contributed by atoms with E-state index in [-0.39, 0.29) is 6.04 Å². The van der Waals surface area contributed by atoms with Gasteiger partial charge in [0.15, 0.2) is 5.65 Å². The first-order valence-corrected chi connectivity index (χ1v) is 8.78. The summed E-state index contributed by atoms with van der Waals surface area (Å²) in [4.78, 5) is 13.2. The number of nitrogens with zero attached hydrogens (tertiary/aromatic N) is 5. The lowest BCUT2D eigenvalue weighted by atomic mass is 10.1. The number of benzene rings is 1. The van der Waals surface area contributed by atoms with Crippen molar-refractivity contribution in [3.05, 3.63) is 29.5 Å². The minimum atomic E-state index is 0.189. The summed E-state index contributed by atoms with van der Waals surface area (Å²) in [5.41, 5.74) is 9.76. The van der Waals surface area contributed by atoms with E-state index in [9.17, 15) is 0 Å². The van der Waals surface area contributed by atoms with Crippen LogP contribution in [-0.4, -0.2) is 24.7 Å². The van der Waals surface area contributed by atoms with Gasteiger partial charge >= 0.3 is 0 Å². The van der Waals surface area contributed by atoms with Gasteiger partial charge in [0.1, 0.15) is 17.8 Å². The van der Waals surface area contributed by atoms with Crippen molar-refractivity contribution in [2.75, 3.05) is 5.73 Å². The second-order valence-corrected chi connectivity index (χ2v) is 7.10. The summed E-state index contributed by atoms with van der Waals surface area (Å²) in [6, 6.07) is 6.40. The molecule has 0 amide bonds. The average Bonchev–Trinajstić information content (AvgIpc) is 3.15. The molecule has 0 saturated heterocycles. The topological polar surface area (TPSA) is 82.5 Å². The normalized spacial score (nSPS) is 11.8. The molecule has 7 heteroatoms. The Kier molecular flexibility index (Phi) is 3.45. The summed E-state index contributed by atoms with van der Waals surface area (Å²) in [5, 5.41) is 6.72. The summed E-state index contributed by atoms with van der Waals surface area (Å²) in [7, 11) is 0. The maximum absolute atomic E-state index is 6.13. The van der Waals surface area contributed by atoms with Gasteiger partial charge in [0.05, 0.1) is 20.6 Å². The molecule has 2 N–H and O–H groups in total. The smallest absolute Gasteiger partial charge is 0.164 e. The number of aryl methyl sites for hydroxylation is 1. The second-order valence-electron chi connectivity index (χ2n) is 5.99. The molecule has 0 bridgehead atoms. The van der Waals surface area contributed by atoms with E-state index in [1.807, 2.05) is 16.8 Å². The quantitative estimate of drug-likeness (QED) is 0.614. The highest BCUT2D eigenvalue weighted by Crippen LogP contribution is 2.34.